The molecule has 2 aromatic rings. The number of rotatable bonds is 2. The third kappa shape index (κ3) is 3.09. The van der Waals surface area contributed by atoms with Gasteiger partial charge < -0.3 is 0 Å². The summed E-state index contributed by atoms with van der Waals surface area (Å²) in [6.45, 7) is 13.5. The van der Waals surface area contributed by atoms with Crippen molar-refractivity contribution in [2.24, 2.45) is 0 Å². The molecular weight excluding hydrogens is 328 g/mol. The van der Waals surface area contributed by atoms with Gasteiger partial charge in [-0.3, -0.25) is 0 Å². The van der Waals surface area contributed by atoms with Gasteiger partial charge in [-0.1, -0.05) is 35.4 Å². The van der Waals surface area contributed by atoms with Crippen LogP contribution in [-0.4, -0.2) is 23.0 Å². The number of anilines is 1. The molecule has 1 fully saturated rings. The molecule has 2 heteroatoms. The lowest BCUT2D eigenvalue weighted by Gasteiger charge is -2.29. The predicted molar refractivity (Wildman–Crippen MR) is 116 cm³/mol. The molecular formula is C25H33N2+. The Kier molecular flexibility index (Phi) is 4.61. The SMILES string of the molecule is Cc1cc(C)c(N2C=[N+](c3c(C)cc(C)cc3C)C3CCCCC32)c(C)c1. The highest BCUT2D eigenvalue weighted by atomic mass is 15.3. The van der Waals surface area contributed by atoms with Crippen molar-refractivity contribution in [3.05, 3.63) is 57.6 Å². The molecule has 1 heterocycles. The lowest BCUT2D eigenvalue weighted by atomic mass is 9.88. The standard InChI is InChI=1S/C25H33N2/c1-16-11-18(3)24(19(4)12-16)26-15-27(23-10-8-7-9-22(23)26)25-20(5)13-17(2)14-21(25)6/h11-15,22-23H,7-10H2,1-6H3/q+1. The number of fused-ring (bicyclic) bond motifs is 1. The Hall–Kier alpha value is -2.09. The van der Waals surface area contributed by atoms with Crippen molar-refractivity contribution in [1.82, 2.24) is 0 Å². The van der Waals surface area contributed by atoms with Gasteiger partial charge >= 0.3 is 0 Å². The average molecular weight is 362 g/mol. The summed E-state index contributed by atoms with van der Waals surface area (Å²) in [5.74, 6) is 0. The van der Waals surface area contributed by atoms with E-state index in [1.54, 1.807) is 0 Å². The maximum absolute atomic E-state index is 2.60. The first kappa shape index (κ1) is 18.3. The molecule has 142 valence electrons. The summed E-state index contributed by atoms with van der Waals surface area (Å²) in [4.78, 5) is 2.60. The molecule has 0 aromatic heterocycles. The molecule has 2 aromatic carbocycles. The highest BCUT2D eigenvalue weighted by Crippen LogP contribution is 2.39. The van der Waals surface area contributed by atoms with Crippen molar-refractivity contribution in [2.75, 3.05) is 4.90 Å². The normalized spacial score (nSPS) is 22.0. The van der Waals surface area contributed by atoms with Crippen LogP contribution < -0.4 is 4.90 Å². The molecule has 1 saturated carbocycles. The summed E-state index contributed by atoms with van der Waals surface area (Å²) in [6.07, 6.45) is 7.68. The van der Waals surface area contributed by atoms with Gasteiger partial charge in [-0.25, -0.2) is 9.48 Å². The van der Waals surface area contributed by atoms with Crippen LogP contribution in [0.3, 0.4) is 0 Å². The Morgan fingerprint density at radius 2 is 1.26 bits per heavy atom. The molecule has 0 amide bonds. The first-order chi connectivity index (χ1) is 12.9. The second kappa shape index (κ2) is 6.82. The van der Waals surface area contributed by atoms with Crippen LogP contribution in [0.1, 0.15) is 59.1 Å². The Morgan fingerprint density at radius 3 is 1.85 bits per heavy atom. The minimum Gasteiger partial charge on any atom is -0.226 e. The monoisotopic (exact) mass is 361 g/mol. The van der Waals surface area contributed by atoms with Gasteiger partial charge in [-0.2, -0.15) is 0 Å². The first-order valence-corrected chi connectivity index (χ1v) is 10.4. The van der Waals surface area contributed by atoms with Crippen LogP contribution in [0.5, 0.6) is 0 Å². The van der Waals surface area contributed by atoms with Crippen molar-refractivity contribution in [3.8, 4) is 0 Å². The quantitative estimate of drug-likeness (QED) is 0.591. The second-order valence-corrected chi connectivity index (χ2v) is 8.84. The van der Waals surface area contributed by atoms with E-state index >= 15 is 0 Å². The fraction of sp³-hybridized carbons (Fsp3) is 0.480. The van der Waals surface area contributed by atoms with Gasteiger partial charge in [0.2, 0.25) is 6.34 Å². The summed E-state index contributed by atoms with van der Waals surface area (Å²) < 4.78 is 2.60. The van der Waals surface area contributed by atoms with Gasteiger partial charge in [-0.15, -0.1) is 0 Å². The zero-order valence-corrected chi connectivity index (χ0v) is 17.8. The van der Waals surface area contributed by atoms with Crippen LogP contribution >= 0.6 is 0 Å². The summed E-state index contributed by atoms with van der Waals surface area (Å²) >= 11 is 0. The Morgan fingerprint density at radius 1 is 0.741 bits per heavy atom. The molecule has 2 nitrogen and oxygen atoms in total. The van der Waals surface area contributed by atoms with Gasteiger partial charge in [0.25, 0.3) is 0 Å². The molecule has 0 bridgehead atoms. The van der Waals surface area contributed by atoms with E-state index in [0.717, 1.165) is 0 Å². The predicted octanol–water partition coefficient (Wildman–Crippen LogP) is 6.04. The van der Waals surface area contributed by atoms with Crippen LogP contribution in [0.4, 0.5) is 11.4 Å². The lowest BCUT2D eigenvalue weighted by Crippen LogP contribution is -2.41. The zero-order valence-electron chi connectivity index (χ0n) is 17.8. The third-order valence-corrected chi connectivity index (χ3v) is 6.44. The van der Waals surface area contributed by atoms with Crippen molar-refractivity contribution < 1.29 is 4.58 Å². The van der Waals surface area contributed by atoms with E-state index in [1.165, 1.54) is 70.4 Å². The van der Waals surface area contributed by atoms with Crippen molar-refractivity contribution >= 4 is 17.7 Å². The number of hydrogen-bond acceptors (Lipinski definition) is 1. The number of aryl methyl sites for hydroxylation is 6. The molecule has 0 saturated heterocycles. The fourth-order valence-corrected chi connectivity index (χ4v) is 5.65. The van der Waals surface area contributed by atoms with Gasteiger partial charge in [-0.05, 0) is 89.5 Å². The lowest BCUT2D eigenvalue weighted by molar-refractivity contribution is -0.478. The van der Waals surface area contributed by atoms with E-state index in [0.29, 0.717) is 12.1 Å². The Labute approximate surface area is 164 Å². The number of hydrogen-bond donors (Lipinski definition) is 0. The molecule has 0 radical (unpaired) electrons. The summed E-state index contributed by atoms with van der Waals surface area (Å²) in [5.41, 5.74) is 11.1. The van der Waals surface area contributed by atoms with Crippen molar-refractivity contribution in [3.63, 3.8) is 0 Å². The fourth-order valence-electron chi connectivity index (χ4n) is 5.65. The Balaban J connectivity index is 1.87. The van der Waals surface area contributed by atoms with E-state index in [1.807, 2.05) is 0 Å². The van der Waals surface area contributed by atoms with Crippen LogP contribution in [-0.2, 0) is 0 Å². The topological polar surface area (TPSA) is 6.25 Å². The molecule has 27 heavy (non-hydrogen) atoms. The van der Waals surface area contributed by atoms with Crippen LogP contribution in [0.2, 0.25) is 0 Å². The van der Waals surface area contributed by atoms with E-state index in [-0.39, 0.29) is 0 Å². The van der Waals surface area contributed by atoms with Crippen molar-refractivity contribution in [1.29, 1.82) is 0 Å². The second-order valence-electron chi connectivity index (χ2n) is 8.84. The molecule has 0 N–H and O–H groups in total. The molecule has 0 spiro atoms. The van der Waals surface area contributed by atoms with E-state index < -0.39 is 0 Å². The van der Waals surface area contributed by atoms with Gasteiger partial charge in [0.05, 0.1) is 0 Å². The van der Waals surface area contributed by atoms with Gasteiger partial charge in [0.15, 0.2) is 0 Å². The molecule has 1 aliphatic heterocycles. The smallest absolute Gasteiger partial charge is 0.226 e. The van der Waals surface area contributed by atoms with Gasteiger partial charge in [0.1, 0.15) is 23.5 Å². The average Bonchev–Trinajstić information content (AvgIpc) is 2.93. The first-order valence-electron chi connectivity index (χ1n) is 10.4. The number of nitrogens with zero attached hydrogens (tertiary/aromatic N) is 2. The minimum atomic E-state index is 0.582. The zero-order chi connectivity index (χ0) is 19.3. The highest BCUT2D eigenvalue weighted by Gasteiger charge is 2.46. The van der Waals surface area contributed by atoms with Crippen LogP contribution in [0.25, 0.3) is 0 Å². The summed E-state index contributed by atoms with van der Waals surface area (Å²) in [6, 6.07) is 10.5. The summed E-state index contributed by atoms with van der Waals surface area (Å²) in [5, 5.41) is 0. The molecule has 2 atom stereocenters. The molecule has 2 unspecified atom stereocenters. The number of benzene rings is 2. The Bertz CT molecular complexity index is 876. The molecule has 2 aliphatic rings. The largest absolute Gasteiger partial charge is 0.245 e. The molecule has 4 rings (SSSR count). The van der Waals surface area contributed by atoms with E-state index in [9.17, 15) is 0 Å². The molecule has 1 aliphatic carbocycles. The van der Waals surface area contributed by atoms with Crippen LogP contribution in [0.15, 0.2) is 24.3 Å². The maximum atomic E-state index is 2.60. The summed E-state index contributed by atoms with van der Waals surface area (Å²) in [7, 11) is 0. The highest BCUT2D eigenvalue weighted by molar-refractivity contribution is 5.83. The minimum absolute atomic E-state index is 0.582. The maximum Gasteiger partial charge on any atom is 0.245 e. The van der Waals surface area contributed by atoms with Crippen LogP contribution in [0, 0.1) is 41.5 Å². The third-order valence-electron chi connectivity index (χ3n) is 6.44. The van der Waals surface area contributed by atoms with Crippen molar-refractivity contribution in [2.45, 2.75) is 79.3 Å². The van der Waals surface area contributed by atoms with E-state index in [2.05, 4.69) is 81.6 Å². The van der Waals surface area contributed by atoms with Gasteiger partial charge in [0, 0.05) is 0 Å². The van der Waals surface area contributed by atoms with E-state index in [4.69, 9.17) is 0 Å².